The maximum atomic E-state index is 13.1. The van der Waals surface area contributed by atoms with Crippen LogP contribution < -0.4 is 4.74 Å². The van der Waals surface area contributed by atoms with Gasteiger partial charge in [0.15, 0.2) is 0 Å². The number of nitrogens with zero attached hydrogens (tertiary/aromatic N) is 1. The molecule has 2 nitrogen and oxygen atoms in total. The molecule has 0 heterocycles. The average Bonchev–Trinajstić information content (AvgIpc) is 2.41. The van der Waals surface area contributed by atoms with Crippen molar-refractivity contribution in [2.24, 2.45) is 0 Å². The molecule has 0 unspecified atom stereocenters. The summed E-state index contributed by atoms with van der Waals surface area (Å²) in [6, 6.07) is 13.5. The van der Waals surface area contributed by atoms with Gasteiger partial charge in [-0.25, -0.2) is 4.39 Å². The van der Waals surface area contributed by atoms with Gasteiger partial charge in [-0.15, -0.1) is 0 Å². The van der Waals surface area contributed by atoms with E-state index in [1.165, 1.54) is 18.2 Å². The Balaban J connectivity index is 2.40. The van der Waals surface area contributed by atoms with Crippen molar-refractivity contribution in [3.63, 3.8) is 0 Å². The van der Waals surface area contributed by atoms with Gasteiger partial charge in [-0.05, 0) is 35.7 Å². The van der Waals surface area contributed by atoms with Crippen LogP contribution in [0.15, 0.2) is 42.5 Å². The highest BCUT2D eigenvalue weighted by Gasteiger charge is 2.11. The van der Waals surface area contributed by atoms with Crippen LogP contribution in [0.5, 0.6) is 11.5 Å². The molecular formula is C16H14FNO. The minimum Gasteiger partial charge on any atom is -0.456 e. The predicted molar refractivity (Wildman–Crippen MR) is 71.7 cm³/mol. The monoisotopic (exact) mass is 255 g/mol. The van der Waals surface area contributed by atoms with Gasteiger partial charge in [-0.2, -0.15) is 5.26 Å². The first-order chi connectivity index (χ1) is 9.11. The molecule has 0 aliphatic rings. The first kappa shape index (κ1) is 13.1. The number of rotatable bonds is 3. The zero-order valence-electron chi connectivity index (χ0n) is 10.9. The van der Waals surface area contributed by atoms with Crippen molar-refractivity contribution in [3.05, 3.63) is 59.4 Å². The van der Waals surface area contributed by atoms with Gasteiger partial charge in [0, 0.05) is 0 Å². The molecule has 0 spiro atoms. The van der Waals surface area contributed by atoms with Gasteiger partial charge < -0.3 is 4.74 Å². The maximum absolute atomic E-state index is 13.1. The molecule has 3 heteroatoms. The zero-order chi connectivity index (χ0) is 13.8. The number of hydrogen-bond donors (Lipinski definition) is 0. The van der Waals surface area contributed by atoms with Crippen molar-refractivity contribution in [1.82, 2.24) is 0 Å². The van der Waals surface area contributed by atoms with Gasteiger partial charge in [-0.1, -0.05) is 32.0 Å². The summed E-state index contributed by atoms with van der Waals surface area (Å²) in [4.78, 5) is 0. The van der Waals surface area contributed by atoms with E-state index in [2.05, 4.69) is 13.8 Å². The Labute approximate surface area is 112 Å². The van der Waals surface area contributed by atoms with Gasteiger partial charge >= 0.3 is 0 Å². The third-order valence-electron chi connectivity index (χ3n) is 2.82. The highest BCUT2D eigenvalue weighted by molar-refractivity contribution is 5.47. The van der Waals surface area contributed by atoms with E-state index in [0.29, 0.717) is 17.4 Å². The van der Waals surface area contributed by atoms with E-state index in [-0.39, 0.29) is 5.56 Å². The average molecular weight is 255 g/mol. The van der Waals surface area contributed by atoms with E-state index in [1.807, 2.05) is 30.3 Å². The van der Waals surface area contributed by atoms with Crippen LogP contribution in [0, 0.1) is 17.1 Å². The molecule has 0 bridgehead atoms. The molecule has 0 aliphatic carbocycles. The summed E-state index contributed by atoms with van der Waals surface area (Å²) in [5.41, 5.74) is 1.24. The van der Waals surface area contributed by atoms with Gasteiger partial charge in [0.1, 0.15) is 23.4 Å². The lowest BCUT2D eigenvalue weighted by Gasteiger charge is -2.14. The molecule has 19 heavy (non-hydrogen) atoms. The Morgan fingerprint density at radius 3 is 2.53 bits per heavy atom. The van der Waals surface area contributed by atoms with Crippen LogP contribution in [0.2, 0.25) is 0 Å². The van der Waals surface area contributed by atoms with Gasteiger partial charge in [0.25, 0.3) is 0 Å². The number of benzene rings is 2. The van der Waals surface area contributed by atoms with Crippen molar-refractivity contribution in [2.45, 2.75) is 19.8 Å². The Kier molecular flexibility index (Phi) is 3.82. The molecule has 0 aliphatic heterocycles. The SMILES string of the molecule is CC(C)c1ccccc1Oc1ccc(F)cc1C#N. The van der Waals surface area contributed by atoms with Crippen LogP contribution >= 0.6 is 0 Å². The molecule has 0 radical (unpaired) electrons. The standard InChI is InChI=1S/C16H14FNO/c1-11(2)14-5-3-4-6-16(14)19-15-8-7-13(17)9-12(15)10-18/h3-9,11H,1-2H3. The number of para-hydroxylation sites is 1. The minimum absolute atomic E-state index is 0.193. The van der Waals surface area contributed by atoms with Gasteiger partial charge in [-0.3, -0.25) is 0 Å². The topological polar surface area (TPSA) is 33.0 Å². The minimum atomic E-state index is -0.443. The maximum Gasteiger partial charge on any atom is 0.145 e. The summed E-state index contributed by atoms with van der Waals surface area (Å²) in [6.45, 7) is 4.14. The van der Waals surface area contributed by atoms with Crippen molar-refractivity contribution >= 4 is 0 Å². The smallest absolute Gasteiger partial charge is 0.145 e. The number of nitriles is 1. The van der Waals surface area contributed by atoms with E-state index < -0.39 is 5.82 Å². The van der Waals surface area contributed by atoms with Crippen LogP contribution in [0.4, 0.5) is 4.39 Å². The number of halogens is 1. The first-order valence-electron chi connectivity index (χ1n) is 6.08. The summed E-state index contributed by atoms with van der Waals surface area (Å²) >= 11 is 0. The summed E-state index contributed by atoms with van der Waals surface area (Å²) in [7, 11) is 0. The molecule has 2 aromatic carbocycles. The fraction of sp³-hybridized carbons (Fsp3) is 0.188. The molecule has 0 N–H and O–H groups in total. The summed E-state index contributed by atoms with van der Waals surface area (Å²) in [5.74, 6) is 0.931. The molecule has 0 aromatic heterocycles. The fourth-order valence-electron chi connectivity index (χ4n) is 1.85. The Hall–Kier alpha value is -2.34. The number of ether oxygens (including phenoxy) is 1. The van der Waals surface area contributed by atoms with E-state index in [0.717, 1.165) is 5.56 Å². The molecule has 2 rings (SSSR count). The Bertz CT molecular complexity index is 629. The van der Waals surface area contributed by atoms with E-state index in [1.54, 1.807) is 0 Å². The van der Waals surface area contributed by atoms with Crippen LogP contribution in [-0.4, -0.2) is 0 Å². The molecular weight excluding hydrogens is 241 g/mol. The second kappa shape index (κ2) is 5.53. The molecule has 0 saturated carbocycles. The van der Waals surface area contributed by atoms with E-state index in [4.69, 9.17) is 10.00 Å². The van der Waals surface area contributed by atoms with Crippen molar-refractivity contribution in [3.8, 4) is 17.6 Å². The first-order valence-corrected chi connectivity index (χ1v) is 6.08. The van der Waals surface area contributed by atoms with Crippen molar-refractivity contribution in [2.75, 3.05) is 0 Å². The molecule has 0 atom stereocenters. The molecule has 2 aromatic rings. The Morgan fingerprint density at radius 1 is 1.11 bits per heavy atom. The second-order valence-corrected chi connectivity index (χ2v) is 4.55. The normalized spacial score (nSPS) is 10.3. The molecule has 0 fully saturated rings. The number of hydrogen-bond acceptors (Lipinski definition) is 2. The quantitative estimate of drug-likeness (QED) is 0.802. The third-order valence-corrected chi connectivity index (χ3v) is 2.82. The fourth-order valence-corrected chi connectivity index (χ4v) is 1.85. The zero-order valence-corrected chi connectivity index (χ0v) is 10.9. The Morgan fingerprint density at radius 2 is 1.84 bits per heavy atom. The lowest BCUT2D eigenvalue weighted by atomic mass is 10.0. The second-order valence-electron chi connectivity index (χ2n) is 4.55. The van der Waals surface area contributed by atoms with Crippen molar-refractivity contribution in [1.29, 1.82) is 5.26 Å². The molecule has 0 saturated heterocycles. The molecule has 0 amide bonds. The van der Waals surface area contributed by atoms with Gasteiger partial charge in [0.05, 0.1) is 5.56 Å². The van der Waals surface area contributed by atoms with E-state index >= 15 is 0 Å². The van der Waals surface area contributed by atoms with Crippen LogP contribution in [0.3, 0.4) is 0 Å². The summed E-state index contributed by atoms with van der Waals surface area (Å²) in [6.07, 6.45) is 0. The largest absolute Gasteiger partial charge is 0.456 e. The molecule has 96 valence electrons. The van der Waals surface area contributed by atoms with E-state index in [9.17, 15) is 4.39 Å². The third kappa shape index (κ3) is 2.92. The summed E-state index contributed by atoms with van der Waals surface area (Å²) < 4.78 is 18.8. The van der Waals surface area contributed by atoms with Crippen molar-refractivity contribution < 1.29 is 9.13 Å². The van der Waals surface area contributed by atoms with Gasteiger partial charge in [0.2, 0.25) is 0 Å². The lowest BCUT2D eigenvalue weighted by molar-refractivity contribution is 0.469. The summed E-state index contributed by atoms with van der Waals surface area (Å²) in [5, 5.41) is 9.00. The highest BCUT2D eigenvalue weighted by Crippen LogP contribution is 2.31. The highest BCUT2D eigenvalue weighted by atomic mass is 19.1. The van der Waals surface area contributed by atoms with Crippen LogP contribution in [-0.2, 0) is 0 Å². The van der Waals surface area contributed by atoms with Crippen LogP contribution in [0.25, 0.3) is 0 Å². The van der Waals surface area contributed by atoms with Crippen LogP contribution in [0.1, 0.15) is 30.9 Å². The lowest BCUT2D eigenvalue weighted by Crippen LogP contribution is -1.95. The predicted octanol–water partition coefficient (Wildman–Crippen LogP) is 4.61.